The van der Waals surface area contributed by atoms with Gasteiger partial charge in [0, 0.05) is 16.3 Å². The van der Waals surface area contributed by atoms with E-state index in [-0.39, 0.29) is 13.0 Å². The lowest BCUT2D eigenvalue weighted by Crippen LogP contribution is -2.24. The van der Waals surface area contributed by atoms with E-state index in [0.717, 1.165) is 5.56 Å². The SMILES string of the molecule is CCOc1ccc(NC(=O)CC(=O)NN=Cc2ccc(OCc3ccccc3Cl)c(OC)c2)cc1. The van der Waals surface area contributed by atoms with Gasteiger partial charge in [0.05, 0.1) is 19.9 Å². The summed E-state index contributed by atoms with van der Waals surface area (Å²) in [4.78, 5) is 24.1. The summed E-state index contributed by atoms with van der Waals surface area (Å²) in [6.07, 6.45) is 1.07. The third kappa shape index (κ3) is 8.04. The Kier molecular flexibility index (Phi) is 9.50. The van der Waals surface area contributed by atoms with Crippen LogP contribution in [-0.2, 0) is 16.2 Å². The van der Waals surface area contributed by atoms with Crippen molar-refractivity contribution in [1.29, 1.82) is 0 Å². The van der Waals surface area contributed by atoms with Gasteiger partial charge in [-0.3, -0.25) is 9.59 Å². The van der Waals surface area contributed by atoms with Crippen LogP contribution in [0.25, 0.3) is 0 Å². The highest BCUT2D eigenvalue weighted by molar-refractivity contribution is 6.31. The zero-order valence-corrected chi connectivity index (χ0v) is 20.2. The van der Waals surface area contributed by atoms with Crippen molar-refractivity contribution in [3.8, 4) is 17.2 Å². The van der Waals surface area contributed by atoms with Crippen LogP contribution in [0.3, 0.4) is 0 Å². The first kappa shape index (κ1) is 25.6. The molecule has 0 unspecified atom stereocenters. The van der Waals surface area contributed by atoms with E-state index in [4.69, 9.17) is 25.8 Å². The first-order valence-corrected chi connectivity index (χ1v) is 11.2. The molecule has 0 atom stereocenters. The minimum Gasteiger partial charge on any atom is -0.494 e. The van der Waals surface area contributed by atoms with Gasteiger partial charge in [-0.05, 0) is 61.0 Å². The molecule has 0 aliphatic heterocycles. The van der Waals surface area contributed by atoms with Crippen molar-refractivity contribution in [2.75, 3.05) is 19.0 Å². The molecule has 0 radical (unpaired) electrons. The smallest absolute Gasteiger partial charge is 0.249 e. The molecule has 3 aromatic carbocycles. The molecule has 0 spiro atoms. The second kappa shape index (κ2) is 13.0. The number of rotatable bonds is 11. The first-order valence-electron chi connectivity index (χ1n) is 10.9. The quantitative estimate of drug-likeness (QED) is 0.226. The molecule has 35 heavy (non-hydrogen) atoms. The molecule has 0 aliphatic rings. The normalized spacial score (nSPS) is 10.6. The fourth-order valence-electron chi connectivity index (χ4n) is 3.03. The lowest BCUT2D eigenvalue weighted by atomic mass is 10.2. The maximum Gasteiger partial charge on any atom is 0.249 e. The number of hydrogen-bond donors (Lipinski definition) is 2. The van der Waals surface area contributed by atoms with Gasteiger partial charge in [-0.15, -0.1) is 0 Å². The Morgan fingerprint density at radius 2 is 1.74 bits per heavy atom. The van der Waals surface area contributed by atoms with E-state index in [1.165, 1.54) is 13.3 Å². The second-order valence-corrected chi connectivity index (χ2v) is 7.67. The molecule has 8 nitrogen and oxygen atoms in total. The number of nitrogens with zero attached hydrogens (tertiary/aromatic N) is 1. The minimum absolute atomic E-state index is 0.290. The maximum atomic E-state index is 12.1. The van der Waals surface area contributed by atoms with Crippen LogP contribution in [0.1, 0.15) is 24.5 Å². The molecule has 0 heterocycles. The summed E-state index contributed by atoms with van der Waals surface area (Å²) < 4.78 is 16.6. The summed E-state index contributed by atoms with van der Waals surface area (Å²) in [5.41, 5.74) is 4.44. The van der Waals surface area contributed by atoms with E-state index >= 15 is 0 Å². The van der Waals surface area contributed by atoms with Gasteiger partial charge in [0.2, 0.25) is 11.8 Å². The van der Waals surface area contributed by atoms with E-state index < -0.39 is 11.8 Å². The van der Waals surface area contributed by atoms with Gasteiger partial charge in [-0.2, -0.15) is 5.10 Å². The molecular weight excluding hydrogens is 470 g/mol. The molecule has 2 N–H and O–H groups in total. The number of methoxy groups -OCH3 is 1. The highest BCUT2D eigenvalue weighted by Gasteiger charge is 2.10. The zero-order chi connectivity index (χ0) is 25.0. The van der Waals surface area contributed by atoms with Crippen molar-refractivity contribution in [2.24, 2.45) is 5.10 Å². The minimum atomic E-state index is -0.545. The number of amides is 2. The zero-order valence-electron chi connectivity index (χ0n) is 19.4. The van der Waals surface area contributed by atoms with Crippen molar-refractivity contribution in [3.63, 3.8) is 0 Å². The number of carbonyl (C=O) groups is 2. The van der Waals surface area contributed by atoms with E-state index in [9.17, 15) is 9.59 Å². The van der Waals surface area contributed by atoms with Crippen LogP contribution in [0, 0.1) is 0 Å². The molecule has 0 bridgehead atoms. The van der Waals surface area contributed by atoms with Crippen LogP contribution >= 0.6 is 11.6 Å². The average molecular weight is 496 g/mol. The topological polar surface area (TPSA) is 98.2 Å². The molecule has 0 saturated carbocycles. The van der Waals surface area contributed by atoms with Crippen molar-refractivity contribution in [1.82, 2.24) is 5.43 Å². The number of benzene rings is 3. The number of hydrazone groups is 1. The molecular formula is C26H26ClN3O5. The molecule has 3 rings (SSSR count). The van der Waals surface area contributed by atoms with Crippen LogP contribution in [0.15, 0.2) is 71.8 Å². The Morgan fingerprint density at radius 3 is 2.46 bits per heavy atom. The van der Waals surface area contributed by atoms with Crippen LogP contribution in [0.5, 0.6) is 17.2 Å². The van der Waals surface area contributed by atoms with Crippen LogP contribution in [-0.4, -0.2) is 31.7 Å². The van der Waals surface area contributed by atoms with Crippen LogP contribution in [0.4, 0.5) is 5.69 Å². The maximum absolute atomic E-state index is 12.1. The van der Waals surface area contributed by atoms with E-state index in [2.05, 4.69) is 15.8 Å². The van der Waals surface area contributed by atoms with E-state index in [1.54, 1.807) is 48.5 Å². The van der Waals surface area contributed by atoms with Gasteiger partial charge in [0.15, 0.2) is 11.5 Å². The largest absolute Gasteiger partial charge is 0.494 e. The summed E-state index contributed by atoms with van der Waals surface area (Å²) in [7, 11) is 1.53. The Morgan fingerprint density at radius 1 is 0.971 bits per heavy atom. The lowest BCUT2D eigenvalue weighted by Gasteiger charge is -2.12. The number of ether oxygens (including phenoxy) is 3. The number of anilines is 1. The fraction of sp³-hybridized carbons (Fsp3) is 0.192. The Balaban J connectivity index is 1.49. The molecule has 9 heteroatoms. The summed E-state index contributed by atoms with van der Waals surface area (Å²) in [5, 5.41) is 7.19. The highest BCUT2D eigenvalue weighted by Crippen LogP contribution is 2.29. The Hall–Kier alpha value is -4.04. The van der Waals surface area contributed by atoms with Crippen molar-refractivity contribution < 1.29 is 23.8 Å². The first-order chi connectivity index (χ1) is 17.0. The Labute approximate surface area is 208 Å². The van der Waals surface area contributed by atoms with Gasteiger partial charge < -0.3 is 19.5 Å². The summed E-state index contributed by atoms with van der Waals surface area (Å²) in [6, 6.07) is 19.5. The van der Waals surface area contributed by atoms with E-state index in [1.807, 2.05) is 25.1 Å². The predicted molar refractivity (Wildman–Crippen MR) is 135 cm³/mol. The van der Waals surface area contributed by atoms with Crippen molar-refractivity contribution in [2.45, 2.75) is 20.0 Å². The standard InChI is InChI=1S/C26H26ClN3O5/c1-3-34-21-11-9-20(10-12-21)29-25(31)15-26(32)30-28-16-18-8-13-23(24(14-18)33-2)35-17-19-6-4-5-7-22(19)27/h4-14,16H,3,15,17H2,1-2H3,(H,29,31)(H,30,32). The monoisotopic (exact) mass is 495 g/mol. The summed E-state index contributed by atoms with van der Waals surface area (Å²) >= 11 is 6.17. The average Bonchev–Trinajstić information content (AvgIpc) is 2.85. The van der Waals surface area contributed by atoms with Gasteiger partial charge in [-0.25, -0.2) is 5.43 Å². The van der Waals surface area contributed by atoms with Crippen LogP contribution in [0.2, 0.25) is 5.02 Å². The van der Waals surface area contributed by atoms with Gasteiger partial charge in [0.25, 0.3) is 0 Å². The van der Waals surface area contributed by atoms with Crippen molar-refractivity contribution >= 4 is 35.3 Å². The summed E-state index contributed by atoms with van der Waals surface area (Å²) in [5.74, 6) is 0.746. The van der Waals surface area contributed by atoms with E-state index in [0.29, 0.717) is 40.1 Å². The third-order valence-electron chi connectivity index (χ3n) is 4.70. The molecule has 0 fully saturated rings. The highest BCUT2D eigenvalue weighted by atomic mass is 35.5. The second-order valence-electron chi connectivity index (χ2n) is 7.27. The molecule has 3 aromatic rings. The van der Waals surface area contributed by atoms with Crippen LogP contribution < -0.4 is 25.0 Å². The fourth-order valence-corrected chi connectivity index (χ4v) is 3.22. The van der Waals surface area contributed by atoms with Gasteiger partial charge >= 0.3 is 0 Å². The van der Waals surface area contributed by atoms with Crippen molar-refractivity contribution in [3.05, 3.63) is 82.9 Å². The molecule has 182 valence electrons. The molecule has 0 saturated heterocycles. The Bertz CT molecular complexity index is 1180. The summed E-state index contributed by atoms with van der Waals surface area (Å²) in [6.45, 7) is 2.74. The molecule has 2 amide bonds. The number of nitrogens with one attached hydrogen (secondary N) is 2. The predicted octanol–water partition coefficient (Wildman–Crippen LogP) is 4.81. The number of carbonyl (C=O) groups excluding carboxylic acids is 2. The number of halogens is 1. The number of hydrogen-bond acceptors (Lipinski definition) is 6. The third-order valence-corrected chi connectivity index (χ3v) is 5.07. The van der Waals surface area contributed by atoms with Gasteiger partial charge in [0.1, 0.15) is 18.8 Å². The lowest BCUT2D eigenvalue weighted by molar-refractivity contribution is -0.126. The molecule has 0 aromatic heterocycles. The molecule has 0 aliphatic carbocycles. The van der Waals surface area contributed by atoms with Gasteiger partial charge in [-0.1, -0.05) is 29.8 Å².